The van der Waals surface area contributed by atoms with E-state index < -0.39 is 0 Å². The summed E-state index contributed by atoms with van der Waals surface area (Å²) in [5.41, 5.74) is -0.322. The summed E-state index contributed by atoms with van der Waals surface area (Å²) >= 11 is 5.69. The predicted octanol–water partition coefficient (Wildman–Crippen LogP) is 2.05. The van der Waals surface area contributed by atoms with Crippen molar-refractivity contribution in [2.45, 2.75) is 26.2 Å². The molecule has 68 valence electrons. The fourth-order valence-corrected chi connectivity index (χ4v) is 1.89. The topological polar surface area (TPSA) is 29.1 Å². The van der Waals surface area contributed by atoms with Crippen molar-refractivity contribution in [3.8, 4) is 0 Å². The van der Waals surface area contributed by atoms with E-state index in [1.54, 1.807) is 0 Å². The molecule has 3 heteroatoms. The summed E-state index contributed by atoms with van der Waals surface area (Å²) in [4.78, 5) is 11.4. The molecule has 1 N–H and O–H groups in total. The maximum atomic E-state index is 11.4. The zero-order valence-corrected chi connectivity index (χ0v) is 8.08. The van der Waals surface area contributed by atoms with E-state index in [1.165, 1.54) is 0 Å². The second-order valence-electron chi connectivity index (χ2n) is 3.61. The van der Waals surface area contributed by atoms with Gasteiger partial charge in [0.25, 0.3) is 0 Å². The first kappa shape index (κ1) is 9.59. The van der Waals surface area contributed by atoms with E-state index >= 15 is 0 Å². The van der Waals surface area contributed by atoms with Crippen molar-refractivity contribution in [2.24, 2.45) is 5.41 Å². The van der Waals surface area contributed by atoms with Gasteiger partial charge >= 0.3 is 0 Å². The number of carbonyl (C=O) groups excluding carboxylic acids is 1. The minimum atomic E-state index is -0.322. The van der Waals surface area contributed by atoms with E-state index in [0.29, 0.717) is 11.5 Å². The van der Waals surface area contributed by atoms with Gasteiger partial charge in [0.2, 0.25) is 5.91 Å². The highest BCUT2D eigenvalue weighted by atomic mass is 35.5. The standard InChI is InChI=1S/C9H14ClNO/c1-7(10)6-9(2)4-3-5-11-8(9)12/h1,3-6H2,2H3,(H,11,12)/t9-/m0/s1. The van der Waals surface area contributed by atoms with Crippen LogP contribution in [0.15, 0.2) is 11.6 Å². The van der Waals surface area contributed by atoms with Crippen molar-refractivity contribution in [3.63, 3.8) is 0 Å². The highest BCUT2D eigenvalue weighted by Gasteiger charge is 2.35. The van der Waals surface area contributed by atoms with Gasteiger partial charge in [0, 0.05) is 11.6 Å². The van der Waals surface area contributed by atoms with Crippen LogP contribution in [0.2, 0.25) is 0 Å². The van der Waals surface area contributed by atoms with E-state index in [4.69, 9.17) is 11.6 Å². The number of halogens is 1. The average molecular weight is 188 g/mol. The third-order valence-corrected chi connectivity index (χ3v) is 2.45. The van der Waals surface area contributed by atoms with Crippen LogP contribution in [0.1, 0.15) is 26.2 Å². The number of amides is 1. The van der Waals surface area contributed by atoms with Gasteiger partial charge in [-0.2, -0.15) is 0 Å². The number of hydrogen-bond acceptors (Lipinski definition) is 1. The number of carbonyl (C=O) groups is 1. The van der Waals surface area contributed by atoms with Crippen LogP contribution in [0, 0.1) is 5.41 Å². The molecular weight excluding hydrogens is 174 g/mol. The zero-order valence-electron chi connectivity index (χ0n) is 7.32. The lowest BCUT2D eigenvalue weighted by Gasteiger charge is -2.32. The fourth-order valence-electron chi connectivity index (χ4n) is 1.60. The molecule has 0 aromatic carbocycles. The zero-order chi connectivity index (χ0) is 9.19. The minimum Gasteiger partial charge on any atom is -0.356 e. The SMILES string of the molecule is C=C(Cl)C[C@]1(C)CCCNC1=O. The van der Waals surface area contributed by atoms with Crippen LogP contribution in [-0.2, 0) is 4.79 Å². The summed E-state index contributed by atoms with van der Waals surface area (Å²) < 4.78 is 0. The highest BCUT2D eigenvalue weighted by molar-refractivity contribution is 6.29. The van der Waals surface area contributed by atoms with Gasteiger partial charge in [-0.25, -0.2) is 0 Å². The first-order valence-corrected chi connectivity index (χ1v) is 4.54. The van der Waals surface area contributed by atoms with Gasteiger partial charge in [0.15, 0.2) is 0 Å². The summed E-state index contributed by atoms with van der Waals surface area (Å²) in [7, 11) is 0. The van der Waals surface area contributed by atoms with Crippen molar-refractivity contribution >= 4 is 17.5 Å². The van der Waals surface area contributed by atoms with Crippen LogP contribution in [0.3, 0.4) is 0 Å². The Bertz CT molecular complexity index is 215. The fraction of sp³-hybridized carbons (Fsp3) is 0.667. The summed E-state index contributed by atoms with van der Waals surface area (Å²) in [6, 6.07) is 0. The number of piperidine rings is 1. The first-order chi connectivity index (χ1) is 5.54. The number of rotatable bonds is 2. The van der Waals surface area contributed by atoms with Gasteiger partial charge in [0.1, 0.15) is 0 Å². The molecule has 1 aliphatic heterocycles. The summed E-state index contributed by atoms with van der Waals surface area (Å²) in [5.74, 6) is 0.107. The first-order valence-electron chi connectivity index (χ1n) is 4.16. The molecule has 1 fully saturated rings. The quantitative estimate of drug-likeness (QED) is 0.705. The number of nitrogens with one attached hydrogen (secondary N) is 1. The second kappa shape index (κ2) is 3.48. The molecule has 0 saturated carbocycles. The Kier molecular flexibility index (Phi) is 2.78. The monoisotopic (exact) mass is 187 g/mol. The minimum absolute atomic E-state index is 0.107. The highest BCUT2D eigenvalue weighted by Crippen LogP contribution is 2.34. The van der Waals surface area contributed by atoms with Gasteiger partial charge in [-0.05, 0) is 19.3 Å². The Balaban J connectivity index is 2.66. The van der Waals surface area contributed by atoms with Gasteiger partial charge in [0.05, 0.1) is 5.41 Å². The van der Waals surface area contributed by atoms with E-state index in [0.717, 1.165) is 19.4 Å². The third kappa shape index (κ3) is 2.01. The van der Waals surface area contributed by atoms with E-state index in [2.05, 4.69) is 11.9 Å². The summed E-state index contributed by atoms with van der Waals surface area (Å²) in [6.45, 7) is 6.35. The molecule has 1 amide bonds. The normalized spacial score (nSPS) is 29.7. The Morgan fingerprint density at radius 1 is 1.83 bits per heavy atom. The van der Waals surface area contributed by atoms with Gasteiger partial charge in [-0.1, -0.05) is 25.1 Å². The van der Waals surface area contributed by atoms with Crippen LogP contribution in [0.5, 0.6) is 0 Å². The van der Waals surface area contributed by atoms with Crippen molar-refractivity contribution in [2.75, 3.05) is 6.54 Å². The molecule has 1 rings (SSSR count). The van der Waals surface area contributed by atoms with Gasteiger partial charge < -0.3 is 5.32 Å². The molecule has 0 bridgehead atoms. The molecule has 0 aliphatic carbocycles. The lowest BCUT2D eigenvalue weighted by molar-refractivity contribution is -0.132. The van der Waals surface area contributed by atoms with Crippen LogP contribution in [0.4, 0.5) is 0 Å². The molecular formula is C9H14ClNO. The number of hydrogen-bond donors (Lipinski definition) is 1. The molecule has 0 radical (unpaired) electrons. The molecule has 0 aromatic rings. The molecule has 0 aromatic heterocycles. The molecule has 1 atom stereocenters. The third-order valence-electron chi connectivity index (χ3n) is 2.32. The predicted molar refractivity (Wildman–Crippen MR) is 50.0 cm³/mol. The van der Waals surface area contributed by atoms with E-state index in [1.807, 2.05) is 6.92 Å². The lowest BCUT2D eigenvalue weighted by atomic mass is 9.79. The second-order valence-corrected chi connectivity index (χ2v) is 4.15. The van der Waals surface area contributed by atoms with Gasteiger partial charge in [-0.3, -0.25) is 4.79 Å². The molecule has 0 unspecified atom stereocenters. The smallest absolute Gasteiger partial charge is 0.226 e. The Morgan fingerprint density at radius 3 is 3.00 bits per heavy atom. The number of allylic oxidation sites excluding steroid dienone is 1. The molecule has 12 heavy (non-hydrogen) atoms. The molecule has 1 heterocycles. The van der Waals surface area contributed by atoms with Crippen LogP contribution >= 0.6 is 11.6 Å². The van der Waals surface area contributed by atoms with Crippen LogP contribution in [0.25, 0.3) is 0 Å². The molecule has 1 saturated heterocycles. The maximum absolute atomic E-state index is 11.4. The van der Waals surface area contributed by atoms with Crippen LogP contribution < -0.4 is 5.32 Å². The maximum Gasteiger partial charge on any atom is 0.226 e. The van der Waals surface area contributed by atoms with E-state index in [9.17, 15) is 4.79 Å². The molecule has 2 nitrogen and oxygen atoms in total. The molecule has 1 aliphatic rings. The summed E-state index contributed by atoms with van der Waals surface area (Å²) in [5, 5.41) is 3.40. The van der Waals surface area contributed by atoms with Crippen molar-refractivity contribution in [1.29, 1.82) is 0 Å². The van der Waals surface area contributed by atoms with Crippen molar-refractivity contribution in [3.05, 3.63) is 11.6 Å². The Hall–Kier alpha value is -0.500. The van der Waals surface area contributed by atoms with Gasteiger partial charge in [-0.15, -0.1) is 0 Å². The van der Waals surface area contributed by atoms with E-state index in [-0.39, 0.29) is 11.3 Å². The average Bonchev–Trinajstić information content (AvgIpc) is 1.94. The Labute approximate surface area is 78.0 Å². The largest absolute Gasteiger partial charge is 0.356 e. The Morgan fingerprint density at radius 2 is 2.50 bits per heavy atom. The summed E-state index contributed by atoms with van der Waals surface area (Å²) in [6.07, 6.45) is 2.53. The van der Waals surface area contributed by atoms with Crippen molar-refractivity contribution in [1.82, 2.24) is 5.32 Å². The lowest BCUT2D eigenvalue weighted by Crippen LogP contribution is -2.44. The molecule has 0 spiro atoms. The van der Waals surface area contributed by atoms with Crippen LogP contribution in [-0.4, -0.2) is 12.5 Å². The van der Waals surface area contributed by atoms with Crippen molar-refractivity contribution < 1.29 is 4.79 Å².